The average molecular weight is 1250 g/mol. The molecule has 0 amide bonds. The van der Waals surface area contributed by atoms with Crippen LogP contribution in [0.3, 0.4) is 0 Å². The van der Waals surface area contributed by atoms with Gasteiger partial charge in [-0.3, -0.25) is 4.79 Å². The number of aliphatic hydroxyl groups excluding tert-OH is 14. The van der Waals surface area contributed by atoms with Gasteiger partial charge in [0.15, 0.2) is 30.8 Å². The Morgan fingerprint density at radius 1 is 0.575 bits per heavy atom. The number of hydrogen-bond donors (Lipinski definition) is 16. The molecule has 16 N–H and O–H groups in total. The molecule has 0 bridgehead atoms. The summed E-state index contributed by atoms with van der Waals surface area (Å²) in [5.41, 5.74) is -4.50. The monoisotopic (exact) mass is 1250 g/mol. The lowest BCUT2D eigenvalue weighted by atomic mass is 9.35. The van der Waals surface area contributed by atoms with Gasteiger partial charge in [-0.05, 0) is 133 Å². The smallest absolute Gasteiger partial charge is 0.340 e. The van der Waals surface area contributed by atoms with E-state index in [1.54, 1.807) is 6.92 Å². The third-order valence-electron chi connectivity index (χ3n) is 22.6. The molecular formula is C59H96O28. The molecule has 5 saturated heterocycles. The van der Waals surface area contributed by atoms with Crippen LogP contribution < -0.4 is 0 Å². The second kappa shape index (κ2) is 26.3. The van der Waals surface area contributed by atoms with Crippen LogP contribution in [0.15, 0.2) is 11.6 Å². The standard InChI is InChI=1S/C59H96O28/c1-23(2)10-9-16-59(77,54(76)87-51-45(73)40(68)36(64)29(20-60)82-51)27-13-18-56(6)26(27)11-12-31-55(5)17-15-33(58(8,53(74)75)32(55)14-19-57(31,56)7)84-52-47(86-49-43(71)39(67)35(63)25(4)81-49)46(28(61)21-78-52)85-50-44(72)41(69)37(65)30(83-50)22-79-48-42(70)38(66)34(62)24(3)80-48/h10,24-52,60-73,77H,9,11-22H2,1-8H3,(H,74,75). The molecule has 0 radical (unpaired) electrons. The van der Waals surface area contributed by atoms with E-state index in [2.05, 4.69) is 20.8 Å². The fourth-order valence-electron chi connectivity index (χ4n) is 17.2. The first-order chi connectivity index (χ1) is 40.7. The summed E-state index contributed by atoms with van der Waals surface area (Å²) in [6.07, 6.45) is -35.9. The molecule has 34 atom stereocenters. The van der Waals surface area contributed by atoms with Gasteiger partial charge < -0.3 is 129 Å². The maximum atomic E-state index is 14.6. The van der Waals surface area contributed by atoms with Crippen LogP contribution in [0.4, 0.5) is 0 Å². The molecular weight excluding hydrogens is 1160 g/mol. The minimum atomic E-state index is -2.12. The van der Waals surface area contributed by atoms with E-state index in [-0.39, 0.29) is 24.7 Å². The largest absolute Gasteiger partial charge is 0.481 e. The molecule has 9 fully saturated rings. The molecule has 5 heterocycles. The number of carboxylic acid groups (broad SMARTS) is 1. The number of carboxylic acids is 1. The summed E-state index contributed by atoms with van der Waals surface area (Å²) in [5.74, 6) is -3.80. The number of aliphatic carboxylic acids is 1. The molecule has 0 spiro atoms. The van der Waals surface area contributed by atoms with E-state index in [0.29, 0.717) is 51.4 Å². The van der Waals surface area contributed by atoms with Gasteiger partial charge in [0.2, 0.25) is 6.29 Å². The minimum absolute atomic E-state index is 0.0482. The summed E-state index contributed by atoms with van der Waals surface area (Å²) in [4.78, 5) is 28.8. The molecule has 9 rings (SSSR count). The van der Waals surface area contributed by atoms with E-state index in [9.17, 15) is 91.3 Å². The Hall–Kier alpha value is -2.28. The van der Waals surface area contributed by atoms with Crippen molar-refractivity contribution in [3.8, 4) is 0 Å². The lowest BCUT2D eigenvalue weighted by Crippen LogP contribution is -2.68. The van der Waals surface area contributed by atoms with Gasteiger partial charge in [0, 0.05) is 5.92 Å². The van der Waals surface area contributed by atoms with Crippen LogP contribution in [0.2, 0.25) is 0 Å². The maximum absolute atomic E-state index is 14.6. The Morgan fingerprint density at radius 3 is 1.72 bits per heavy atom. The van der Waals surface area contributed by atoms with Crippen molar-refractivity contribution < 1.29 is 139 Å². The van der Waals surface area contributed by atoms with E-state index in [1.165, 1.54) is 13.8 Å². The van der Waals surface area contributed by atoms with Gasteiger partial charge in [0.25, 0.3) is 0 Å². The fraction of sp³-hybridized carbons (Fsp3) is 0.932. The van der Waals surface area contributed by atoms with Crippen molar-refractivity contribution in [2.24, 2.45) is 45.3 Å². The minimum Gasteiger partial charge on any atom is -0.481 e. The van der Waals surface area contributed by atoms with Gasteiger partial charge in [-0.15, -0.1) is 0 Å². The zero-order chi connectivity index (χ0) is 63.9. The van der Waals surface area contributed by atoms with Crippen LogP contribution in [0, 0.1) is 45.3 Å². The lowest BCUT2D eigenvalue weighted by molar-refractivity contribution is -0.389. The fourth-order valence-corrected chi connectivity index (χ4v) is 17.2. The van der Waals surface area contributed by atoms with Crippen LogP contribution in [-0.4, -0.2) is 273 Å². The van der Waals surface area contributed by atoms with Crippen LogP contribution in [-0.2, 0) is 57.0 Å². The van der Waals surface area contributed by atoms with Crippen LogP contribution >= 0.6 is 0 Å². The van der Waals surface area contributed by atoms with Gasteiger partial charge in [-0.25, -0.2) is 4.79 Å². The van der Waals surface area contributed by atoms with Gasteiger partial charge in [-0.2, -0.15) is 0 Å². The second-order valence-electron chi connectivity index (χ2n) is 27.6. The van der Waals surface area contributed by atoms with E-state index in [0.717, 1.165) is 5.57 Å². The number of aliphatic hydroxyl groups is 15. The molecule has 0 aromatic rings. The number of hydrogen-bond acceptors (Lipinski definition) is 27. The number of allylic oxidation sites excluding steroid dienone is 2. The molecule has 28 nitrogen and oxygen atoms in total. The Labute approximate surface area is 504 Å². The van der Waals surface area contributed by atoms with Crippen LogP contribution in [0.1, 0.15) is 120 Å². The Morgan fingerprint density at radius 2 is 1.11 bits per heavy atom. The van der Waals surface area contributed by atoms with Gasteiger partial charge >= 0.3 is 11.9 Å². The Balaban J connectivity index is 0.963. The highest BCUT2D eigenvalue weighted by Gasteiger charge is 2.73. The van der Waals surface area contributed by atoms with Gasteiger partial charge in [0.1, 0.15) is 104 Å². The first-order valence-corrected chi connectivity index (χ1v) is 30.8. The zero-order valence-electron chi connectivity index (χ0n) is 50.6. The molecule has 0 aromatic heterocycles. The Kier molecular flexibility index (Phi) is 20.8. The molecule has 5 aliphatic heterocycles. The predicted octanol–water partition coefficient (Wildman–Crippen LogP) is -3.09. The number of fused-ring (bicyclic) bond motifs is 5. The van der Waals surface area contributed by atoms with E-state index in [4.69, 9.17) is 47.4 Å². The SMILES string of the molecule is CC(C)=CCCC(O)(C(=O)OC1OC(CO)C(O)C(O)C1O)C1CCC2(C)C1CCC1C3(C)CCC(OC4OCC(O)C(OC5OC(COC6OC(C)C(O)C(O)C6O)C(O)C(O)C5O)C4OC4OC(C)C(O)C(O)C4O)C(C)(C(=O)O)C3CCC12C. The third kappa shape index (κ3) is 12.1. The van der Waals surface area contributed by atoms with Crippen molar-refractivity contribution in [2.45, 2.75) is 279 Å². The first-order valence-electron chi connectivity index (χ1n) is 30.8. The van der Waals surface area contributed by atoms with Crippen molar-refractivity contribution in [2.75, 3.05) is 19.8 Å². The molecule has 87 heavy (non-hydrogen) atoms. The van der Waals surface area contributed by atoms with Crippen LogP contribution in [0.5, 0.6) is 0 Å². The highest BCUT2D eigenvalue weighted by atomic mass is 16.8. The number of ether oxygens (including phenoxy) is 10. The molecule has 0 aromatic carbocycles. The topological polar surface area (TPSA) is 450 Å². The number of rotatable bonds is 17. The van der Waals surface area contributed by atoms with Crippen molar-refractivity contribution >= 4 is 11.9 Å². The summed E-state index contributed by atoms with van der Waals surface area (Å²) in [7, 11) is 0. The summed E-state index contributed by atoms with van der Waals surface area (Å²) in [6, 6.07) is 0. The average Bonchev–Trinajstić information content (AvgIpc) is 1.68. The van der Waals surface area contributed by atoms with Crippen LogP contribution in [0.25, 0.3) is 0 Å². The molecule has 9 aliphatic rings. The van der Waals surface area contributed by atoms with Gasteiger partial charge in [0.05, 0.1) is 43.5 Å². The molecule has 4 saturated carbocycles. The normalized spacial score (nSPS) is 52.6. The highest BCUT2D eigenvalue weighted by molar-refractivity contribution is 5.80. The highest BCUT2D eigenvalue weighted by Crippen LogP contribution is 2.76. The van der Waals surface area contributed by atoms with Gasteiger partial charge in [-0.1, -0.05) is 32.4 Å². The molecule has 4 aliphatic carbocycles. The number of carbonyl (C=O) groups is 2. The summed E-state index contributed by atoms with van der Waals surface area (Å²) < 4.78 is 59.7. The quantitative estimate of drug-likeness (QED) is 0.0390. The lowest BCUT2D eigenvalue weighted by Gasteiger charge is -2.69. The summed E-state index contributed by atoms with van der Waals surface area (Å²) in [6.45, 7) is 12.8. The second-order valence-corrected chi connectivity index (χ2v) is 27.6. The third-order valence-corrected chi connectivity index (χ3v) is 22.6. The first kappa shape index (κ1) is 69.1. The number of esters is 1. The number of carbonyl (C=O) groups excluding carboxylic acids is 1. The van der Waals surface area contributed by atoms with Crippen molar-refractivity contribution in [3.05, 3.63) is 11.6 Å². The summed E-state index contributed by atoms with van der Waals surface area (Å²) >= 11 is 0. The van der Waals surface area contributed by atoms with Crippen molar-refractivity contribution in [1.82, 2.24) is 0 Å². The predicted molar refractivity (Wildman–Crippen MR) is 292 cm³/mol. The van der Waals surface area contributed by atoms with E-state index in [1.807, 2.05) is 19.9 Å². The maximum Gasteiger partial charge on any atom is 0.340 e. The van der Waals surface area contributed by atoms with Crippen molar-refractivity contribution in [3.63, 3.8) is 0 Å². The molecule has 34 unspecified atom stereocenters. The zero-order valence-corrected chi connectivity index (χ0v) is 50.6. The van der Waals surface area contributed by atoms with E-state index >= 15 is 0 Å². The molecule has 500 valence electrons. The van der Waals surface area contributed by atoms with E-state index < -0.39 is 224 Å². The van der Waals surface area contributed by atoms with Crippen molar-refractivity contribution in [1.29, 1.82) is 0 Å². The summed E-state index contributed by atoms with van der Waals surface area (Å²) in [5, 5.41) is 175. The Bertz CT molecular complexity index is 2400. The molecule has 28 heteroatoms.